The number of carbonyl (C=O) groups excluding carboxylic acids is 2. The van der Waals surface area contributed by atoms with Gasteiger partial charge in [0.15, 0.2) is 17.3 Å². The van der Waals surface area contributed by atoms with E-state index in [4.69, 9.17) is 4.52 Å². The Morgan fingerprint density at radius 2 is 2.00 bits per heavy atom. The Labute approximate surface area is 142 Å². The summed E-state index contributed by atoms with van der Waals surface area (Å²) in [5, 5.41) is 16.8. The van der Waals surface area contributed by atoms with Gasteiger partial charge in [-0.15, -0.1) is 0 Å². The predicted molar refractivity (Wildman–Crippen MR) is 87.9 cm³/mol. The average Bonchev–Trinajstić information content (AvgIpc) is 3.00. The van der Waals surface area contributed by atoms with Crippen LogP contribution >= 0.6 is 0 Å². The van der Waals surface area contributed by atoms with Crippen molar-refractivity contribution < 1.29 is 19.2 Å². The van der Waals surface area contributed by atoms with E-state index in [-0.39, 0.29) is 23.4 Å². The van der Waals surface area contributed by atoms with E-state index in [0.717, 1.165) is 25.9 Å². The minimum absolute atomic E-state index is 0.0240. The van der Waals surface area contributed by atoms with Gasteiger partial charge in [0.05, 0.1) is 17.2 Å². The van der Waals surface area contributed by atoms with Crippen molar-refractivity contribution in [3.8, 4) is 0 Å². The highest BCUT2D eigenvalue weighted by Gasteiger charge is 2.40. The average molecular weight is 334 g/mol. The molecule has 0 radical (unpaired) electrons. The van der Waals surface area contributed by atoms with Crippen LogP contribution in [0.1, 0.15) is 60.8 Å². The van der Waals surface area contributed by atoms with E-state index >= 15 is 0 Å². The number of hydrogen-bond acceptors (Lipinski definition) is 6. The molecule has 0 aromatic carbocycles. The molecule has 6 nitrogen and oxygen atoms in total. The van der Waals surface area contributed by atoms with Crippen molar-refractivity contribution in [2.45, 2.75) is 45.4 Å². The van der Waals surface area contributed by atoms with Gasteiger partial charge in [-0.05, 0) is 50.1 Å². The molecule has 1 aliphatic heterocycles. The molecular formula is C18H26N2O4. The molecule has 2 heterocycles. The van der Waals surface area contributed by atoms with Gasteiger partial charge in [0.25, 0.3) is 0 Å². The molecule has 0 bridgehead atoms. The number of aliphatic hydroxyl groups is 1. The minimum atomic E-state index is -0.562. The Morgan fingerprint density at radius 3 is 2.62 bits per heavy atom. The van der Waals surface area contributed by atoms with Crippen LogP contribution in [0.4, 0.5) is 0 Å². The lowest BCUT2D eigenvalue weighted by molar-refractivity contribution is -0.125. The molecule has 24 heavy (non-hydrogen) atoms. The molecule has 2 atom stereocenters. The second-order valence-electron chi connectivity index (χ2n) is 7.39. The maximum absolute atomic E-state index is 12.7. The molecule has 0 amide bonds. The summed E-state index contributed by atoms with van der Waals surface area (Å²) >= 11 is 0. The fourth-order valence-electron chi connectivity index (χ4n) is 4.02. The van der Waals surface area contributed by atoms with Gasteiger partial charge in [-0.25, -0.2) is 0 Å². The van der Waals surface area contributed by atoms with Crippen LogP contribution in [0, 0.1) is 17.8 Å². The van der Waals surface area contributed by atoms with Gasteiger partial charge in [-0.3, -0.25) is 9.59 Å². The van der Waals surface area contributed by atoms with Crippen molar-refractivity contribution in [2.75, 3.05) is 19.7 Å². The number of Topliss-reactive ketones (excluding diaryl/α,β-unsaturated/α-hetero) is 2. The topological polar surface area (TPSA) is 92.4 Å². The van der Waals surface area contributed by atoms with E-state index in [0.29, 0.717) is 35.8 Å². The third kappa shape index (κ3) is 3.17. The van der Waals surface area contributed by atoms with Crippen molar-refractivity contribution in [2.24, 2.45) is 17.8 Å². The monoisotopic (exact) mass is 334 g/mol. The van der Waals surface area contributed by atoms with Crippen molar-refractivity contribution in [1.29, 1.82) is 0 Å². The van der Waals surface area contributed by atoms with Crippen LogP contribution in [0.5, 0.6) is 0 Å². The maximum atomic E-state index is 12.7. The second-order valence-corrected chi connectivity index (χ2v) is 7.39. The number of ketones is 2. The Morgan fingerprint density at radius 1 is 1.29 bits per heavy atom. The first-order valence-corrected chi connectivity index (χ1v) is 8.88. The van der Waals surface area contributed by atoms with Crippen molar-refractivity contribution >= 4 is 11.6 Å². The Bertz CT molecular complexity index is 617. The standard InChI is InChI=1S/C18H26N2O4/c1-10(2)12-7-13-17(14(22)8-12)18(24-20-13)16(15(23)9-21)11-3-5-19-6-4-11/h10-12,16,19,21H,3-9H2,1-2H3. The smallest absolute Gasteiger partial charge is 0.169 e. The molecule has 1 fully saturated rings. The summed E-state index contributed by atoms with van der Waals surface area (Å²) in [5.41, 5.74) is 1.20. The molecule has 2 aliphatic rings. The van der Waals surface area contributed by atoms with Crippen LogP contribution in [-0.4, -0.2) is 41.5 Å². The number of piperidine rings is 1. The van der Waals surface area contributed by atoms with Gasteiger partial charge in [-0.2, -0.15) is 0 Å². The normalized spacial score (nSPS) is 23.3. The molecule has 0 saturated carbocycles. The Balaban J connectivity index is 1.95. The van der Waals surface area contributed by atoms with Crippen molar-refractivity contribution in [3.63, 3.8) is 0 Å². The number of hydrogen-bond donors (Lipinski definition) is 2. The summed E-state index contributed by atoms with van der Waals surface area (Å²) in [5.74, 6) is 0.334. The molecule has 2 N–H and O–H groups in total. The number of aliphatic hydroxyl groups excluding tert-OH is 1. The van der Waals surface area contributed by atoms with Gasteiger partial charge in [0.2, 0.25) is 0 Å². The molecule has 2 unspecified atom stereocenters. The Hall–Kier alpha value is -1.53. The molecule has 1 aliphatic carbocycles. The van der Waals surface area contributed by atoms with E-state index in [1.807, 2.05) is 0 Å². The number of carbonyl (C=O) groups is 2. The Kier molecular flexibility index (Phi) is 5.15. The van der Waals surface area contributed by atoms with E-state index in [1.165, 1.54) is 0 Å². The summed E-state index contributed by atoms with van der Waals surface area (Å²) in [6.07, 6.45) is 2.85. The molecule has 3 rings (SSSR count). The summed E-state index contributed by atoms with van der Waals surface area (Å²) in [7, 11) is 0. The lowest BCUT2D eigenvalue weighted by atomic mass is 9.75. The highest BCUT2D eigenvalue weighted by molar-refractivity contribution is 6.01. The maximum Gasteiger partial charge on any atom is 0.169 e. The number of fused-ring (bicyclic) bond motifs is 1. The SMILES string of the molecule is CC(C)C1CC(=O)c2c(noc2C(C(=O)CO)C2CCNCC2)C1. The van der Waals surface area contributed by atoms with E-state index in [1.54, 1.807) is 0 Å². The molecule has 0 spiro atoms. The molecule has 6 heteroatoms. The predicted octanol–water partition coefficient (Wildman–Crippen LogP) is 1.72. The first-order chi connectivity index (χ1) is 11.5. The zero-order chi connectivity index (χ0) is 17.3. The molecular weight excluding hydrogens is 308 g/mol. The van der Waals surface area contributed by atoms with Crippen LogP contribution in [0.3, 0.4) is 0 Å². The third-order valence-corrected chi connectivity index (χ3v) is 5.55. The van der Waals surface area contributed by atoms with Gasteiger partial charge >= 0.3 is 0 Å². The van der Waals surface area contributed by atoms with Crippen LogP contribution < -0.4 is 5.32 Å². The number of rotatable bonds is 5. The van der Waals surface area contributed by atoms with Gasteiger partial charge in [0.1, 0.15) is 6.61 Å². The lowest BCUT2D eigenvalue weighted by Gasteiger charge is -2.29. The highest BCUT2D eigenvalue weighted by atomic mass is 16.5. The first kappa shape index (κ1) is 17.3. The van der Waals surface area contributed by atoms with E-state index in [9.17, 15) is 14.7 Å². The molecule has 1 saturated heterocycles. The van der Waals surface area contributed by atoms with Crippen LogP contribution in [0.2, 0.25) is 0 Å². The summed E-state index contributed by atoms with van der Waals surface area (Å²) < 4.78 is 5.53. The second kappa shape index (κ2) is 7.15. The summed E-state index contributed by atoms with van der Waals surface area (Å²) in [6.45, 7) is 5.35. The molecule has 132 valence electrons. The van der Waals surface area contributed by atoms with Crippen molar-refractivity contribution in [1.82, 2.24) is 10.5 Å². The van der Waals surface area contributed by atoms with E-state index in [2.05, 4.69) is 24.3 Å². The summed E-state index contributed by atoms with van der Waals surface area (Å²) in [4.78, 5) is 25.1. The fraction of sp³-hybridized carbons (Fsp3) is 0.722. The van der Waals surface area contributed by atoms with Crippen LogP contribution in [0.15, 0.2) is 4.52 Å². The van der Waals surface area contributed by atoms with Crippen LogP contribution in [-0.2, 0) is 11.2 Å². The minimum Gasteiger partial charge on any atom is -0.389 e. The third-order valence-electron chi connectivity index (χ3n) is 5.55. The van der Waals surface area contributed by atoms with Crippen molar-refractivity contribution in [3.05, 3.63) is 17.0 Å². The van der Waals surface area contributed by atoms with Gasteiger partial charge < -0.3 is 14.9 Å². The first-order valence-electron chi connectivity index (χ1n) is 8.88. The lowest BCUT2D eigenvalue weighted by Crippen LogP contribution is -2.35. The fourth-order valence-corrected chi connectivity index (χ4v) is 4.02. The molecule has 1 aromatic rings. The van der Waals surface area contributed by atoms with Gasteiger partial charge in [0, 0.05) is 6.42 Å². The molecule has 1 aromatic heterocycles. The quantitative estimate of drug-likeness (QED) is 0.852. The zero-order valence-electron chi connectivity index (χ0n) is 14.4. The largest absolute Gasteiger partial charge is 0.389 e. The van der Waals surface area contributed by atoms with E-state index < -0.39 is 12.5 Å². The van der Waals surface area contributed by atoms with Crippen LogP contribution in [0.25, 0.3) is 0 Å². The number of nitrogens with zero attached hydrogens (tertiary/aromatic N) is 1. The van der Waals surface area contributed by atoms with Gasteiger partial charge in [-0.1, -0.05) is 19.0 Å². The number of aromatic nitrogens is 1. The zero-order valence-corrected chi connectivity index (χ0v) is 14.4. The number of nitrogens with one attached hydrogen (secondary N) is 1. The summed E-state index contributed by atoms with van der Waals surface area (Å²) in [6, 6.07) is 0. The highest BCUT2D eigenvalue weighted by Crippen LogP contribution is 2.39.